The fourth-order valence-corrected chi connectivity index (χ4v) is 2.30. The molecule has 0 aromatic carbocycles. The van der Waals surface area contributed by atoms with Gasteiger partial charge in [0.2, 0.25) is 11.7 Å². The van der Waals surface area contributed by atoms with Gasteiger partial charge in [0, 0.05) is 19.6 Å². The van der Waals surface area contributed by atoms with Crippen LogP contribution in [0.4, 0.5) is 0 Å². The second-order valence-corrected chi connectivity index (χ2v) is 5.51. The highest BCUT2D eigenvalue weighted by molar-refractivity contribution is 5.01. The molecule has 5 nitrogen and oxygen atoms in total. The molecule has 1 saturated carbocycles. The van der Waals surface area contributed by atoms with Gasteiger partial charge < -0.3 is 14.6 Å². The van der Waals surface area contributed by atoms with Crippen LogP contribution in [0.5, 0.6) is 0 Å². The Morgan fingerprint density at radius 3 is 2.74 bits per heavy atom. The van der Waals surface area contributed by atoms with Gasteiger partial charge in [0.05, 0.1) is 0 Å². The van der Waals surface area contributed by atoms with E-state index in [1.165, 1.54) is 12.8 Å². The van der Waals surface area contributed by atoms with Crippen molar-refractivity contribution in [1.82, 2.24) is 15.5 Å². The highest BCUT2D eigenvalue weighted by Gasteiger charge is 2.34. The number of aromatic nitrogens is 2. The van der Waals surface area contributed by atoms with E-state index in [1.54, 1.807) is 7.11 Å². The van der Waals surface area contributed by atoms with Gasteiger partial charge in [-0.05, 0) is 38.6 Å². The maximum Gasteiger partial charge on any atom is 0.228 e. The maximum atomic E-state index is 5.50. The largest absolute Gasteiger partial charge is 0.370 e. The van der Waals surface area contributed by atoms with Gasteiger partial charge in [0.15, 0.2) is 0 Å². The number of rotatable bonds is 8. The van der Waals surface area contributed by atoms with Crippen molar-refractivity contribution < 1.29 is 9.26 Å². The molecule has 1 fully saturated rings. The lowest BCUT2D eigenvalue weighted by Crippen LogP contribution is -2.33. The average molecular weight is 267 g/mol. The summed E-state index contributed by atoms with van der Waals surface area (Å²) >= 11 is 0. The summed E-state index contributed by atoms with van der Waals surface area (Å²) in [6, 6.07) is 0.466. The number of nitrogens with one attached hydrogen (secondary N) is 1. The van der Waals surface area contributed by atoms with Crippen molar-refractivity contribution in [2.75, 3.05) is 13.7 Å². The van der Waals surface area contributed by atoms with Crippen LogP contribution in [0.2, 0.25) is 0 Å². The van der Waals surface area contributed by atoms with E-state index < -0.39 is 5.60 Å². The van der Waals surface area contributed by atoms with Crippen molar-refractivity contribution in [2.45, 2.75) is 58.1 Å². The third kappa shape index (κ3) is 3.34. The van der Waals surface area contributed by atoms with Crippen molar-refractivity contribution in [3.8, 4) is 0 Å². The minimum Gasteiger partial charge on any atom is -0.370 e. The van der Waals surface area contributed by atoms with Crippen LogP contribution >= 0.6 is 0 Å². The Kier molecular flexibility index (Phi) is 4.58. The fourth-order valence-electron chi connectivity index (χ4n) is 2.30. The third-order valence-electron chi connectivity index (χ3n) is 4.12. The van der Waals surface area contributed by atoms with E-state index >= 15 is 0 Å². The molecule has 19 heavy (non-hydrogen) atoms. The highest BCUT2D eigenvalue weighted by Crippen LogP contribution is 2.34. The van der Waals surface area contributed by atoms with Crippen molar-refractivity contribution >= 4 is 0 Å². The first-order valence-electron chi connectivity index (χ1n) is 7.24. The first-order valence-corrected chi connectivity index (χ1v) is 7.24. The van der Waals surface area contributed by atoms with Gasteiger partial charge in [-0.1, -0.05) is 19.0 Å². The van der Waals surface area contributed by atoms with E-state index in [1.807, 2.05) is 6.92 Å². The third-order valence-corrected chi connectivity index (χ3v) is 4.12. The lowest BCUT2D eigenvalue weighted by atomic mass is 10.0. The Morgan fingerprint density at radius 1 is 1.47 bits per heavy atom. The second kappa shape index (κ2) is 6.01. The summed E-state index contributed by atoms with van der Waals surface area (Å²) in [4.78, 5) is 4.51. The molecule has 1 N–H and O–H groups in total. The highest BCUT2D eigenvalue weighted by atomic mass is 16.5. The molecule has 0 radical (unpaired) electrons. The van der Waals surface area contributed by atoms with Gasteiger partial charge in [-0.3, -0.25) is 0 Å². The van der Waals surface area contributed by atoms with E-state index in [2.05, 4.69) is 29.3 Å². The minimum absolute atomic E-state index is 0.449. The molecule has 1 aromatic rings. The van der Waals surface area contributed by atoms with Crippen LogP contribution in [0.15, 0.2) is 4.52 Å². The van der Waals surface area contributed by atoms with Crippen molar-refractivity contribution in [1.29, 1.82) is 0 Å². The number of hydrogen-bond donors (Lipinski definition) is 1. The molecule has 0 aliphatic heterocycles. The number of likely N-dealkylation sites (N-methyl/N-ethyl adjacent to an activating group) is 1. The molecule has 2 atom stereocenters. The first kappa shape index (κ1) is 14.5. The van der Waals surface area contributed by atoms with Crippen molar-refractivity contribution in [3.05, 3.63) is 11.7 Å². The molecule has 1 aliphatic carbocycles. The molecule has 1 aromatic heterocycles. The predicted molar refractivity (Wildman–Crippen MR) is 72.8 cm³/mol. The zero-order chi connectivity index (χ0) is 13.9. The van der Waals surface area contributed by atoms with Crippen LogP contribution in [0.1, 0.15) is 51.7 Å². The maximum absolute atomic E-state index is 5.50. The lowest BCUT2D eigenvalue weighted by Gasteiger charge is -2.21. The minimum atomic E-state index is -0.449. The molecular weight excluding hydrogens is 242 g/mol. The van der Waals surface area contributed by atoms with Crippen LogP contribution in [-0.2, 0) is 16.8 Å². The molecule has 0 amide bonds. The standard InChI is InChI=1S/C14H25N3O2/c1-5-14(3,18-4)13-16-12(19-17-13)9-11(15-6-2)10-7-8-10/h10-11,15H,5-9H2,1-4H3. The van der Waals surface area contributed by atoms with Crippen molar-refractivity contribution in [2.24, 2.45) is 5.92 Å². The van der Waals surface area contributed by atoms with Gasteiger partial charge in [-0.2, -0.15) is 4.98 Å². The molecule has 2 rings (SSSR count). The SMILES string of the molecule is CCNC(Cc1nc(C(C)(CC)OC)no1)C1CC1. The fraction of sp³-hybridized carbons (Fsp3) is 0.857. The van der Waals surface area contributed by atoms with Gasteiger partial charge in [0.1, 0.15) is 5.60 Å². The molecule has 2 unspecified atom stereocenters. The lowest BCUT2D eigenvalue weighted by molar-refractivity contribution is -0.0106. The molecule has 108 valence electrons. The number of hydrogen-bond acceptors (Lipinski definition) is 5. The van der Waals surface area contributed by atoms with Gasteiger partial charge in [0.25, 0.3) is 0 Å². The Labute approximate surface area is 115 Å². The summed E-state index contributed by atoms with van der Waals surface area (Å²) in [6.07, 6.45) is 4.25. The zero-order valence-electron chi connectivity index (χ0n) is 12.4. The topological polar surface area (TPSA) is 60.2 Å². The monoisotopic (exact) mass is 267 g/mol. The molecule has 0 saturated heterocycles. The normalized spacial score (nSPS) is 20.2. The number of methoxy groups -OCH3 is 1. The van der Waals surface area contributed by atoms with E-state index in [0.29, 0.717) is 17.8 Å². The molecule has 0 bridgehead atoms. The van der Waals surface area contributed by atoms with E-state index in [0.717, 1.165) is 25.3 Å². The van der Waals surface area contributed by atoms with Crippen molar-refractivity contribution in [3.63, 3.8) is 0 Å². The Balaban J connectivity index is 2.03. The summed E-state index contributed by atoms with van der Waals surface area (Å²) in [5.41, 5.74) is -0.449. The van der Waals surface area contributed by atoms with Crippen LogP contribution < -0.4 is 5.32 Å². The zero-order valence-corrected chi connectivity index (χ0v) is 12.4. The quantitative estimate of drug-likeness (QED) is 0.783. The van der Waals surface area contributed by atoms with Gasteiger partial charge in [-0.15, -0.1) is 0 Å². The number of nitrogens with zero attached hydrogens (tertiary/aromatic N) is 2. The summed E-state index contributed by atoms with van der Waals surface area (Å²) in [5, 5.41) is 7.59. The van der Waals surface area contributed by atoms with Crippen LogP contribution in [0.25, 0.3) is 0 Å². The Hall–Kier alpha value is -0.940. The summed E-state index contributed by atoms with van der Waals surface area (Å²) in [6.45, 7) is 7.16. The van der Waals surface area contributed by atoms with Gasteiger partial charge in [-0.25, -0.2) is 0 Å². The van der Waals surface area contributed by atoms with Crippen LogP contribution in [0, 0.1) is 5.92 Å². The molecule has 1 aliphatic rings. The number of ether oxygens (including phenoxy) is 1. The molecule has 0 spiro atoms. The van der Waals surface area contributed by atoms with E-state index in [9.17, 15) is 0 Å². The Bertz CT molecular complexity index is 397. The predicted octanol–water partition coefficient (Wildman–Crippen LogP) is 2.27. The molecule has 5 heteroatoms. The van der Waals surface area contributed by atoms with Crippen LogP contribution in [0.3, 0.4) is 0 Å². The summed E-state index contributed by atoms with van der Waals surface area (Å²) < 4.78 is 10.9. The molecule has 1 heterocycles. The van der Waals surface area contributed by atoms with Gasteiger partial charge >= 0.3 is 0 Å². The second-order valence-electron chi connectivity index (χ2n) is 5.51. The van der Waals surface area contributed by atoms with E-state index in [4.69, 9.17) is 9.26 Å². The molecular formula is C14H25N3O2. The smallest absolute Gasteiger partial charge is 0.228 e. The summed E-state index contributed by atoms with van der Waals surface area (Å²) in [7, 11) is 1.69. The Morgan fingerprint density at radius 2 is 2.21 bits per heavy atom. The van der Waals surface area contributed by atoms with Crippen LogP contribution in [-0.4, -0.2) is 29.8 Å². The average Bonchev–Trinajstić information content (AvgIpc) is 3.17. The van der Waals surface area contributed by atoms with E-state index in [-0.39, 0.29) is 0 Å². The summed E-state index contributed by atoms with van der Waals surface area (Å²) in [5.74, 6) is 2.14. The first-order chi connectivity index (χ1) is 9.12.